The van der Waals surface area contributed by atoms with Gasteiger partial charge in [-0.25, -0.2) is 0 Å². The van der Waals surface area contributed by atoms with Crippen LogP contribution in [-0.4, -0.2) is 47.9 Å². The number of nitrogens with one attached hydrogen (secondary N) is 1. The van der Waals surface area contributed by atoms with E-state index in [2.05, 4.69) is 22.9 Å². The number of ether oxygens (including phenoxy) is 1. The minimum Gasteiger partial charge on any atom is -0.466 e. The maximum absolute atomic E-state index is 12.8. The molecule has 1 atom stereocenters. The number of fused-ring (bicyclic) bond motifs is 1. The summed E-state index contributed by atoms with van der Waals surface area (Å²) in [7, 11) is 0. The van der Waals surface area contributed by atoms with E-state index in [-0.39, 0.29) is 17.7 Å². The van der Waals surface area contributed by atoms with Gasteiger partial charge < -0.3 is 9.72 Å². The third-order valence-corrected chi connectivity index (χ3v) is 4.98. The van der Waals surface area contributed by atoms with Gasteiger partial charge >= 0.3 is 5.97 Å². The van der Waals surface area contributed by atoms with Crippen molar-refractivity contribution < 1.29 is 14.3 Å². The van der Waals surface area contributed by atoms with Gasteiger partial charge in [0.15, 0.2) is 5.78 Å². The molecule has 5 heteroatoms. The number of piperidine rings is 1. The predicted molar refractivity (Wildman–Crippen MR) is 97.8 cm³/mol. The highest BCUT2D eigenvalue weighted by molar-refractivity contribution is 6.09. The summed E-state index contributed by atoms with van der Waals surface area (Å²) in [5, 5.41) is 0.989. The Morgan fingerprint density at radius 3 is 2.92 bits per heavy atom. The van der Waals surface area contributed by atoms with Crippen molar-refractivity contribution in [2.24, 2.45) is 5.92 Å². The second-order valence-electron chi connectivity index (χ2n) is 6.65. The Morgan fingerprint density at radius 1 is 1.32 bits per heavy atom. The number of ketones is 1. The number of nitrogens with zero attached hydrogens (tertiary/aromatic N) is 1. The van der Waals surface area contributed by atoms with Crippen LogP contribution in [0.4, 0.5) is 0 Å². The normalized spacial score (nSPS) is 18.4. The van der Waals surface area contributed by atoms with Crippen LogP contribution in [0.3, 0.4) is 0 Å². The number of carbonyl (C=O) groups is 2. The Bertz CT molecular complexity index is 765. The van der Waals surface area contributed by atoms with E-state index in [1.165, 1.54) is 5.56 Å². The number of benzene rings is 1. The van der Waals surface area contributed by atoms with Crippen molar-refractivity contribution in [3.63, 3.8) is 0 Å². The molecule has 1 fully saturated rings. The van der Waals surface area contributed by atoms with Crippen LogP contribution in [-0.2, 0) is 16.0 Å². The van der Waals surface area contributed by atoms with Gasteiger partial charge in [0, 0.05) is 29.2 Å². The van der Waals surface area contributed by atoms with Gasteiger partial charge in [0.25, 0.3) is 0 Å². The molecule has 1 saturated heterocycles. The smallest absolute Gasteiger partial charge is 0.310 e. The van der Waals surface area contributed by atoms with Crippen LogP contribution >= 0.6 is 0 Å². The number of H-pyrrole nitrogens is 1. The summed E-state index contributed by atoms with van der Waals surface area (Å²) in [6, 6.07) is 6.08. The van der Waals surface area contributed by atoms with Gasteiger partial charge in [-0.1, -0.05) is 25.1 Å². The zero-order valence-electron chi connectivity index (χ0n) is 15.0. The molecule has 2 aromatic rings. The molecule has 5 nitrogen and oxygen atoms in total. The number of esters is 1. The highest BCUT2D eigenvalue weighted by Gasteiger charge is 2.28. The first-order valence-electron chi connectivity index (χ1n) is 9.15. The molecule has 0 radical (unpaired) electrons. The van der Waals surface area contributed by atoms with E-state index in [4.69, 9.17) is 4.74 Å². The number of Topliss-reactive ketones (excluding diaryl/α,β-unsaturated/α-hetero) is 1. The number of carbonyl (C=O) groups excluding carboxylic acids is 2. The van der Waals surface area contributed by atoms with E-state index in [9.17, 15) is 9.59 Å². The molecule has 0 aliphatic carbocycles. The van der Waals surface area contributed by atoms with Gasteiger partial charge in [-0.15, -0.1) is 0 Å². The summed E-state index contributed by atoms with van der Waals surface area (Å²) in [5.41, 5.74) is 3.01. The summed E-state index contributed by atoms with van der Waals surface area (Å²) in [5.74, 6) is -0.153. The fourth-order valence-corrected chi connectivity index (χ4v) is 3.68. The maximum Gasteiger partial charge on any atom is 0.310 e. The molecule has 0 bridgehead atoms. The van der Waals surface area contributed by atoms with E-state index in [0.717, 1.165) is 42.3 Å². The van der Waals surface area contributed by atoms with Crippen molar-refractivity contribution in [2.45, 2.75) is 33.1 Å². The molecule has 1 aliphatic heterocycles. The summed E-state index contributed by atoms with van der Waals surface area (Å²) >= 11 is 0. The number of para-hydroxylation sites is 1. The minimum absolute atomic E-state index is 0.101. The number of likely N-dealkylation sites (tertiary alicyclic amines) is 1. The van der Waals surface area contributed by atoms with E-state index < -0.39 is 0 Å². The summed E-state index contributed by atoms with van der Waals surface area (Å²) in [6.45, 7) is 6.14. The Kier molecular flexibility index (Phi) is 5.53. The first-order valence-corrected chi connectivity index (χ1v) is 9.15. The third kappa shape index (κ3) is 3.76. The molecular formula is C20H26N2O3. The van der Waals surface area contributed by atoms with Crippen molar-refractivity contribution in [3.8, 4) is 0 Å². The van der Waals surface area contributed by atoms with Gasteiger partial charge in [0.1, 0.15) is 0 Å². The second-order valence-corrected chi connectivity index (χ2v) is 6.65. The van der Waals surface area contributed by atoms with E-state index in [1.54, 1.807) is 0 Å². The van der Waals surface area contributed by atoms with Crippen LogP contribution in [0, 0.1) is 5.92 Å². The van der Waals surface area contributed by atoms with Crippen LogP contribution in [0.1, 0.15) is 42.6 Å². The van der Waals surface area contributed by atoms with Crippen LogP contribution in [0.15, 0.2) is 24.4 Å². The molecule has 1 aliphatic rings. The van der Waals surface area contributed by atoms with Crippen LogP contribution in [0.5, 0.6) is 0 Å². The number of hydrogen-bond acceptors (Lipinski definition) is 4. The van der Waals surface area contributed by atoms with Gasteiger partial charge in [-0.2, -0.15) is 0 Å². The molecule has 0 amide bonds. The Morgan fingerprint density at radius 2 is 2.16 bits per heavy atom. The lowest BCUT2D eigenvalue weighted by molar-refractivity contribution is -0.149. The minimum atomic E-state index is -0.140. The maximum atomic E-state index is 12.8. The lowest BCUT2D eigenvalue weighted by Crippen LogP contribution is -2.41. The van der Waals surface area contributed by atoms with E-state index >= 15 is 0 Å². The Balaban J connectivity index is 1.71. The third-order valence-electron chi connectivity index (χ3n) is 4.98. The molecule has 1 N–H and O–H groups in total. The van der Waals surface area contributed by atoms with Gasteiger partial charge in [-0.3, -0.25) is 14.5 Å². The monoisotopic (exact) mass is 342 g/mol. The zero-order chi connectivity index (χ0) is 17.8. The van der Waals surface area contributed by atoms with Gasteiger partial charge in [0.2, 0.25) is 0 Å². The first kappa shape index (κ1) is 17.7. The van der Waals surface area contributed by atoms with E-state index in [1.807, 2.05) is 25.3 Å². The van der Waals surface area contributed by atoms with Crippen molar-refractivity contribution in [1.29, 1.82) is 0 Å². The fraction of sp³-hybridized carbons (Fsp3) is 0.500. The van der Waals surface area contributed by atoms with Crippen molar-refractivity contribution in [2.75, 3.05) is 26.2 Å². The summed E-state index contributed by atoms with van der Waals surface area (Å²) in [4.78, 5) is 30.1. The second kappa shape index (κ2) is 7.83. The Hall–Kier alpha value is -2.14. The summed E-state index contributed by atoms with van der Waals surface area (Å²) < 4.78 is 5.13. The molecule has 3 rings (SSSR count). The molecule has 134 valence electrons. The highest BCUT2D eigenvalue weighted by Crippen LogP contribution is 2.24. The SMILES string of the molecule is CCOC(=O)C1CCCN(CC(=O)c2c[nH]c3c(CC)cccc23)C1. The van der Waals surface area contributed by atoms with Crippen LogP contribution < -0.4 is 0 Å². The predicted octanol–water partition coefficient (Wildman–Crippen LogP) is 3.19. The topological polar surface area (TPSA) is 62.4 Å². The molecule has 2 heterocycles. The molecule has 0 saturated carbocycles. The van der Waals surface area contributed by atoms with E-state index in [0.29, 0.717) is 19.7 Å². The number of rotatable bonds is 6. The molecule has 1 aromatic carbocycles. The number of aromatic nitrogens is 1. The molecule has 1 aromatic heterocycles. The highest BCUT2D eigenvalue weighted by atomic mass is 16.5. The average molecular weight is 342 g/mol. The molecule has 0 spiro atoms. The lowest BCUT2D eigenvalue weighted by atomic mass is 9.97. The Labute approximate surface area is 148 Å². The standard InChI is InChI=1S/C20H26N2O3/c1-3-14-7-5-9-16-17(11-21-19(14)16)18(23)13-22-10-6-8-15(12-22)20(24)25-4-2/h5,7,9,11,15,21H,3-4,6,8,10,12-13H2,1-2H3. The number of aromatic amines is 1. The number of aryl methyl sites for hydroxylation is 1. The molecule has 1 unspecified atom stereocenters. The fourth-order valence-electron chi connectivity index (χ4n) is 3.68. The molecule has 25 heavy (non-hydrogen) atoms. The van der Waals surface area contributed by atoms with Gasteiger partial charge in [0.05, 0.1) is 19.1 Å². The summed E-state index contributed by atoms with van der Waals surface area (Å²) in [6.07, 6.45) is 4.51. The quantitative estimate of drug-likeness (QED) is 0.647. The first-order chi connectivity index (χ1) is 12.1. The molecular weight excluding hydrogens is 316 g/mol. The largest absolute Gasteiger partial charge is 0.466 e. The van der Waals surface area contributed by atoms with Crippen molar-refractivity contribution >= 4 is 22.7 Å². The van der Waals surface area contributed by atoms with Crippen LogP contribution in [0.2, 0.25) is 0 Å². The lowest BCUT2D eigenvalue weighted by Gasteiger charge is -2.30. The zero-order valence-corrected chi connectivity index (χ0v) is 15.0. The number of hydrogen-bond donors (Lipinski definition) is 1. The van der Waals surface area contributed by atoms with Gasteiger partial charge in [-0.05, 0) is 38.3 Å². The van der Waals surface area contributed by atoms with Crippen molar-refractivity contribution in [1.82, 2.24) is 9.88 Å². The van der Waals surface area contributed by atoms with Crippen LogP contribution in [0.25, 0.3) is 10.9 Å². The average Bonchev–Trinajstić information content (AvgIpc) is 3.06. The van der Waals surface area contributed by atoms with Crippen molar-refractivity contribution in [3.05, 3.63) is 35.5 Å².